The van der Waals surface area contributed by atoms with Gasteiger partial charge in [0.1, 0.15) is 0 Å². The molecular weight excluding hydrogens is 296 g/mol. The summed E-state index contributed by atoms with van der Waals surface area (Å²) in [6, 6.07) is 4.50. The molecule has 2 saturated heterocycles. The lowest BCUT2D eigenvalue weighted by atomic mass is 10.1. The number of hydrogen-bond acceptors (Lipinski definition) is 4. The fraction of sp³-hybridized carbons (Fsp3) is 0.706. The van der Waals surface area contributed by atoms with Crippen LogP contribution in [0.3, 0.4) is 0 Å². The summed E-state index contributed by atoms with van der Waals surface area (Å²) >= 11 is 1.90. The van der Waals surface area contributed by atoms with E-state index < -0.39 is 0 Å². The van der Waals surface area contributed by atoms with Crippen LogP contribution < -0.4 is 0 Å². The van der Waals surface area contributed by atoms with Gasteiger partial charge in [-0.15, -0.1) is 11.3 Å². The molecule has 1 amide bonds. The van der Waals surface area contributed by atoms with Gasteiger partial charge in [-0.05, 0) is 37.8 Å². The number of nitrogens with zero attached hydrogens (tertiary/aromatic N) is 2. The zero-order chi connectivity index (χ0) is 15.4. The van der Waals surface area contributed by atoms with Crippen LogP contribution in [0.1, 0.15) is 48.5 Å². The second-order valence-electron chi connectivity index (χ2n) is 6.30. The van der Waals surface area contributed by atoms with Crippen molar-refractivity contribution in [3.8, 4) is 0 Å². The van der Waals surface area contributed by atoms with E-state index in [0.717, 1.165) is 52.2 Å². The van der Waals surface area contributed by atoms with Crippen LogP contribution >= 0.6 is 11.3 Å². The van der Waals surface area contributed by atoms with E-state index in [9.17, 15) is 4.79 Å². The largest absolute Gasteiger partial charge is 0.373 e. The van der Waals surface area contributed by atoms with Crippen molar-refractivity contribution in [3.63, 3.8) is 0 Å². The molecule has 3 heterocycles. The van der Waals surface area contributed by atoms with Crippen LogP contribution in [0.2, 0.25) is 0 Å². The summed E-state index contributed by atoms with van der Waals surface area (Å²) < 4.78 is 5.88. The number of ether oxygens (including phenoxy) is 1. The van der Waals surface area contributed by atoms with Crippen molar-refractivity contribution in [2.24, 2.45) is 0 Å². The van der Waals surface area contributed by atoms with E-state index in [1.807, 2.05) is 16.2 Å². The van der Waals surface area contributed by atoms with E-state index in [0.29, 0.717) is 6.10 Å². The molecule has 1 aromatic rings. The number of thiophene rings is 1. The number of rotatable bonds is 3. The minimum absolute atomic E-state index is 0.203. The molecule has 0 spiro atoms. The van der Waals surface area contributed by atoms with Crippen molar-refractivity contribution in [2.45, 2.75) is 45.3 Å². The standard InChI is InChI=1S/C17H26N2O2S/c1-14(20)19-9-4-8-18(10-11-19)13-15-6-7-17(22-15)16-5-2-3-12-21-16/h6-7,16H,2-5,8-13H2,1H3. The highest BCUT2D eigenvalue weighted by Gasteiger charge is 2.20. The molecule has 4 nitrogen and oxygen atoms in total. The minimum Gasteiger partial charge on any atom is -0.373 e. The summed E-state index contributed by atoms with van der Waals surface area (Å²) in [5.41, 5.74) is 0. The Morgan fingerprint density at radius 3 is 2.91 bits per heavy atom. The molecule has 0 N–H and O–H groups in total. The van der Waals surface area contributed by atoms with Gasteiger partial charge in [0.15, 0.2) is 0 Å². The Bertz CT molecular complexity index is 497. The van der Waals surface area contributed by atoms with Crippen molar-refractivity contribution in [1.82, 2.24) is 9.80 Å². The third-order valence-corrected chi connectivity index (χ3v) is 5.75. The Morgan fingerprint density at radius 1 is 1.23 bits per heavy atom. The van der Waals surface area contributed by atoms with Gasteiger partial charge < -0.3 is 9.64 Å². The molecule has 2 aliphatic heterocycles. The maximum Gasteiger partial charge on any atom is 0.219 e. The van der Waals surface area contributed by atoms with E-state index in [-0.39, 0.29) is 5.91 Å². The predicted molar refractivity (Wildman–Crippen MR) is 89.0 cm³/mol. The molecule has 3 rings (SSSR count). The van der Waals surface area contributed by atoms with Crippen LogP contribution in [0, 0.1) is 0 Å². The van der Waals surface area contributed by atoms with E-state index in [2.05, 4.69) is 17.0 Å². The Labute approximate surface area is 137 Å². The zero-order valence-electron chi connectivity index (χ0n) is 13.4. The van der Waals surface area contributed by atoms with Gasteiger partial charge in [0, 0.05) is 56.0 Å². The van der Waals surface area contributed by atoms with Gasteiger partial charge >= 0.3 is 0 Å². The molecule has 0 bridgehead atoms. The molecular formula is C17H26N2O2S. The van der Waals surface area contributed by atoms with E-state index >= 15 is 0 Å². The normalized spacial score (nSPS) is 24.2. The minimum atomic E-state index is 0.203. The molecule has 22 heavy (non-hydrogen) atoms. The Hall–Kier alpha value is -0.910. The number of amides is 1. The molecule has 1 atom stereocenters. The first-order chi connectivity index (χ1) is 10.7. The molecule has 0 aromatic carbocycles. The Kier molecular flexibility index (Phi) is 5.50. The molecule has 0 saturated carbocycles. The molecule has 1 unspecified atom stereocenters. The molecule has 2 fully saturated rings. The van der Waals surface area contributed by atoms with Crippen molar-refractivity contribution < 1.29 is 9.53 Å². The first-order valence-electron chi connectivity index (χ1n) is 8.40. The summed E-state index contributed by atoms with van der Waals surface area (Å²) in [6.45, 7) is 7.40. The Balaban J connectivity index is 1.54. The lowest BCUT2D eigenvalue weighted by Gasteiger charge is -2.21. The quantitative estimate of drug-likeness (QED) is 0.857. The van der Waals surface area contributed by atoms with Crippen molar-refractivity contribution in [1.29, 1.82) is 0 Å². The number of hydrogen-bond donors (Lipinski definition) is 0. The summed E-state index contributed by atoms with van der Waals surface area (Å²) in [7, 11) is 0. The molecule has 1 aromatic heterocycles. The topological polar surface area (TPSA) is 32.8 Å². The Morgan fingerprint density at radius 2 is 2.14 bits per heavy atom. The summed E-state index contributed by atoms with van der Waals surface area (Å²) in [5.74, 6) is 0.203. The molecule has 0 radical (unpaired) electrons. The molecule has 0 aliphatic carbocycles. The SMILES string of the molecule is CC(=O)N1CCCN(Cc2ccc(C3CCCCO3)s2)CC1. The number of carbonyl (C=O) groups excluding carboxylic acids is 1. The molecule has 122 valence electrons. The third-order valence-electron chi connectivity index (χ3n) is 4.59. The summed E-state index contributed by atoms with van der Waals surface area (Å²) in [5, 5.41) is 0. The lowest BCUT2D eigenvalue weighted by molar-refractivity contribution is -0.128. The molecule has 2 aliphatic rings. The third kappa shape index (κ3) is 4.09. The van der Waals surface area contributed by atoms with Gasteiger partial charge in [-0.3, -0.25) is 9.69 Å². The van der Waals surface area contributed by atoms with Gasteiger partial charge in [-0.25, -0.2) is 0 Å². The van der Waals surface area contributed by atoms with Crippen molar-refractivity contribution >= 4 is 17.2 Å². The van der Waals surface area contributed by atoms with Crippen LogP contribution in [0.15, 0.2) is 12.1 Å². The maximum absolute atomic E-state index is 11.5. The average molecular weight is 322 g/mol. The highest BCUT2D eigenvalue weighted by molar-refractivity contribution is 7.12. The lowest BCUT2D eigenvalue weighted by Crippen LogP contribution is -2.33. The van der Waals surface area contributed by atoms with Gasteiger partial charge in [0.25, 0.3) is 0 Å². The van der Waals surface area contributed by atoms with Crippen LogP contribution in [-0.4, -0.2) is 48.5 Å². The monoisotopic (exact) mass is 322 g/mol. The highest BCUT2D eigenvalue weighted by Crippen LogP contribution is 2.33. The van der Waals surface area contributed by atoms with Crippen LogP contribution in [0.25, 0.3) is 0 Å². The second-order valence-corrected chi connectivity index (χ2v) is 7.49. The van der Waals surface area contributed by atoms with Gasteiger partial charge in [-0.2, -0.15) is 0 Å². The van der Waals surface area contributed by atoms with Crippen molar-refractivity contribution in [3.05, 3.63) is 21.9 Å². The predicted octanol–water partition coefficient (Wildman–Crippen LogP) is 3.04. The van der Waals surface area contributed by atoms with Crippen molar-refractivity contribution in [2.75, 3.05) is 32.8 Å². The maximum atomic E-state index is 11.5. The van der Waals surface area contributed by atoms with Crippen LogP contribution in [0.4, 0.5) is 0 Å². The summed E-state index contributed by atoms with van der Waals surface area (Å²) in [4.78, 5) is 18.7. The fourth-order valence-electron chi connectivity index (χ4n) is 3.28. The first-order valence-corrected chi connectivity index (χ1v) is 9.22. The van der Waals surface area contributed by atoms with E-state index in [4.69, 9.17) is 4.74 Å². The van der Waals surface area contributed by atoms with Gasteiger partial charge in [0.2, 0.25) is 5.91 Å². The number of carbonyl (C=O) groups is 1. The zero-order valence-corrected chi connectivity index (χ0v) is 14.2. The average Bonchev–Trinajstić information content (AvgIpc) is 2.86. The van der Waals surface area contributed by atoms with Crippen LogP contribution in [-0.2, 0) is 16.1 Å². The second kappa shape index (κ2) is 7.57. The van der Waals surface area contributed by atoms with Gasteiger partial charge in [0.05, 0.1) is 6.10 Å². The summed E-state index contributed by atoms with van der Waals surface area (Å²) in [6.07, 6.45) is 5.05. The first kappa shape index (κ1) is 16.0. The van der Waals surface area contributed by atoms with E-state index in [1.165, 1.54) is 22.6 Å². The van der Waals surface area contributed by atoms with Gasteiger partial charge in [-0.1, -0.05) is 0 Å². The van der Waals surface area contributed by atoms with Crippen LogP contribution in [0.5, 0.6) is 0 Å². The smallest absolute Gasteiger partial charge is 0.219 e. The fourth-order valence-corrected chi connectivity index (χ4v) is 4.42. The molecule has 5 heteroatoms. The highest BCUT2D eigenvalue weighted by atomic mass is 32.1. The van der Waals surface area contributed by atoms with E-state index in [1.54, 1.807) is 6.92 Å².